The van der Waals surface area contributed by atoms with Crippen LogP contribution in [-0.4, -0.2) is 11.0 Å². The van der Waals surface area contributed by atoms with Crippen molar-refractivity contribution < 1.29 is 0 Å². The second-order valence-electron chi connectivity index (χ2n) is 4.93. The maximum Gasteiger partial charge on any atom is 0.0315 e. The smallest absolute Gasteiger partial charge is 0.0315 e. The molecule has 96 valence electrons. The van der Waals surface area contributed by atoms with E-state index in [1.54, 1.807) is 0 Å². The van der Waals surface area contributed by atoms with Gasteiger partial charge < -0.3 is 5.32 Å². The number of unbranched alkanes of at least 4 members (excludes halogenated alkanes) is 3. The summed E-state index contributed by atoms with van der Waals surface area (Å²) in [5.41, 5.74) is 1.27. The fourth-order valence-corrected chi connectivity index (χ4v) is 2.12. The Balaban J connectivity index is 2.24. The summed E-state index contributed by atoms with van der Waals surface area (Å²) in [7, 11) is 0. The number of nitrogens with one attached hydrogen (secondary N) is 1. The first-order valence-corrected chi connectivity index (χ1v) is 6.90. The van der Waals surface area contributed by atoms with Crippen LogP contribution in [0.2, 0.25) is 0 Å². The molecular weight excluding hydrogens is 208 g/mol. The number of hydrogen-bond acceptors (Lipinski definition) is 2. The molecule has 0 aliphatic rings. The summed E-state index contributed by atoms with van der Waals surface area (Å²) < 4.78 is 0. The molecule has 0 saturated heterocycles. The molecule has 1 unspecified atom stereocenters. The molecule has 2 heteroatoms. The predicted molar refractivity (Wildman–Crippen MR) is 74.0 cm³/mol. The second-order valence-corrected chi connectivity index (χ2v) is 4.93. The maximum atomic E-state index is 4.16. The van der Waals surface area contributed by atoms with Crippen LogP contribution in [0.5, 0.6) is 0 Å². The Kier molecular flexibility index (Phi) is 6.87. The third-order valence-electron chi connectivity index (χ3n) is 3.21. The van der Waals surface area contributed by atoms with E-state index >= 15 is 0 Å². The number of aromatic nitrogens is 1. The number of nitrogens with zero attached hydrogens (tertiary/aromatic N) is 1. The molecule has 1 N–H and O–H groups in total. The van der Waals surface area contributed by atoms with E-state index in [9.17, 15) is 0 Å². The van der Waals surface area contributed by atoms with Crippen LogP contribution in [0.15, 0.2) is 24.5 Å². The van der Waals surface area contributed by atoms with Crippen molar-refractivity contribution in [1.29, 1.82) is 0 Å². The Bertz CT molecular complexity index is 284. The highest BCUT2D eigenvalue weighted by Gasteiger charge is 2.08. The van der Waals surface area contributed by atoms with Gasteiger partial charge >= 0.3 is 0 Å². The van der Waals surface area contributed by atoms with Crippen LogP contribution < -0.4 is 5.32 Å². The Morgan fingerprint density at radius 1 is 1.24 bits per heavy atom. The molecule has 0 spiro atoms. The van der Waals surface area contributed by atoms with Gasteiger partial charge in [0.05, 0.1) is 0 Å². The SMILES string of the molecule is CCCCCCC(C)N[C@@H](C)c1cccnc1. The van der Waals surface area contributed by atoms with Crippen LogP contribution in [0.4, 0.5) is 0 Å². The Hall–Kier alpha value is -0.890. The van der Waals surface area contributed by atoms with Gasteiger partial charge in [-0.05, 0) is 31.9 Å². The third kappa shape index (κ3) is 5.83. The summed E-state index contributed by atoms with van der Waals surface area (Å²) >= 11 is 0. The molecule has 17 heavy (non-hydrogen) atoms. The van der Waals surface area contributed by atoms with Gasteiger partial charge in [0.2, 0.25) is 0 Å². The molecule has 0 fully saturated rings. The average molecular weight is 234 g/mol. The van der Waals surface area contributed by atoms with Gasteiger partial charge in [-0.25, -0.2) is 0 Å². The molecule has 2 nitrogen and oxygen atoms in total. The number of hydrogen-bond donors (Lipinski definition) is 1. The van der Waals surface area contributed by atoms with Crippen molar-refractivity contribution in [2.75, 3.05) is 0 Å². The molecule has 0 bridgehead atoms. The van der Waals surface area contributed by atoms with Gasteiger partial charge in [0.25, 0.3) is 0 Å². The van der Waals surface area contributed by atoms with E-state index in [-0.39, 0.29) is 0 Å². The zero-order valence-electron chi connectivity index (χ0n) is 11.4. The number of pyridine rings is 1. The monoisotopic (exact) mass is 234 g/mol. The topological polar surface area (TPSA) is 24.9 Å². The van der Waals surface area contributed by atoms with Crippen molar-refractivity contribution in [1.82, 2.24) is 10.3 Å². The van der Waals surface area contributed by atoms with Gasteiger partial charge in [-0.3, -0.25) is 4.98 Å². The zero-order valence-corrected chi connectivity index (χ0v) is 11.4. The number of rotatable bonds is 8. The average Bonchev–Trinajstić information content (AvgIpc) is 2.36. The molecule has 2 atom stereocenters. The molecule has 0 amide bonds. The van der Waals surface area contributed by atoms with Crippen LogP contribution in [0.3, 0.4) is 0 Å². The van der Waals surface area contributed by atoms with Crippen molar-refractivity contribution in [2.24, 2.45) is 0 Å². The highest BCUT2D eigenvalue weighted by atomic mass is 14.9. The highest BCUT2D eigenvalue weighted by molar-refractivity contribution is 5.12. The molecule has 0 aliphatic heterocycles. The van der Waals surface area contributed by atoms with Crippen LogP contribution in [0.1, 0.15) is 64.5 Å². The van der Waals surface area contributed by atoms with E-state index in [1.807, 2.05) is 18.5 Å². The Labute approximate surface area is 106 Å². The molecule has 0 aromatic carbocycles. The first-order chi connectivity index (χ1) is 8.24. The van der Waals surface area contributed by atoms with Crippen molar-refractivity contribution in [3.63, 3.8) is 0 Å². The molecule has 1 heterocycles. The standard InChI is InChI=1S/C15H26N2/c1-4-5-6-7-9-13(2)17-14(3)15-10-8-11-16-12-15/h8,10-14,17H,4-7,9H2,1-3H3/t13?,14-/m0/s1. The lowest BCUT2D eigenvalue weighted by atomic mass is 10.1. The summed E-state index contributed by atoms with van der Waals surface area (Å²) in [6.45, 7) is 6.74. The summed E-state index contributed by atoms with van der Waals surface area (Å²) in [6.07, 6.45) is 10.4. The summed E-state index contributed by atoms with van der Waals surface area (Å²) in [5.74, 6) is 0. The Morgan fingerprint density at radius 2 is 2.06 bits per heavy atom. The molecule has 0 radical (unpaired) electrons. The quantitative estimate of drug-likeness (QED) is 0.685. The molecule has 0 saturated carbocycles. The normalized spacial score (nSPS) is 14.5. The van der Waals surface area contributed by atoms with E-state index in [0.717, 1.165) is 0 Å². The van der Waals surface area contributed by atoms with E-state index < -0.39 is 0 Å². The minimum Gasteiger partial charge on any atom is -0.308 e. The summed E-state index contributed by atoms with van der Waals surface area (Å²) in [4.78, 5) is 4.16. The lowest BCUT2D eigenvalue weighted by Gasteiger charge is -2.20. The molecule has 1 aromatic rings. The lowest BCUT2D eigenvalue weighted by Crippen LogP contribution is -2.28. The lowest BCUT2D eigenvalue weighted by molar-refractivity contribution is 0.437. The van der Waals surface area contributed by atoms with Gasteiger partial charge in [0.1, 0.15) is 0 Å². The van der Waals surface area contributed by atoms with Gasteiger partial charge in [0, 0.05) is 24.5 Å². The van der Waals surface area contributed by atoms with Crippen molar-refractivity contribution >= 4 is 0 Å². The van der Waals surface area contributed by atoms with Crippen LogP contribution >= 0.6 is 0 Å². The van der Waals surface area contributed by atoms with Crippen LogP contribution in [-0.2, 0) is 0 Å². The maximum absolute atomic E-state index is 4.16. The Morgan fingerprint density at radius 3 is 2.71 bits per heavy atom. The molecule has 0 aliphatic carbocycles. The zero-order chi connectivity index (χ0) is 12.5. The fourth-order valence-electron chi connectivity index (χ4n) is 2.12. The summed E-state index contributed by atoms with van der Waals surface area (Å²) in [5, 5.41) is 3.63. The van der Waals surface area contributed by atoms with Gasteiger partial charge in [-0.15, -0.1) is 0 Å². The third-order valence-corrected chi connectivity index (χ3v) is 3.21. The minimum atomic E-state index is 0.393. The predicted octanol–water partition coefficient (Wildman–Crippen LogP) is 4.09. The molecular formula is C15H26N2. The van der Waals surface area contributed by atoms with E-state index in [0.29, 0.717) is 12.1 Å². The fraction of sp³-hybridized carbons (Fsp3) is 0.667. The first kappa shape index (κ1) is 14.2. The van der Waals surface area contributed by atoms with Crippen molar-refractivity contribution in [3.8, 4) is 0 Å². The minimum absolute atomic E-state index is 0.393. The van der Waals surface area contributed by atoms with Gasteiger partial charge in [-0.2, -0.15) is 0 Å². The summed E-state index contributed by atoms with van der Waals surface area (Å²) in [6, 6.07) is 5.11. The van der Waals surface area contributed by atoms with E-state index in [1.165, 1.54) is 37.7 Å². The second kappa shape index (κ2) is 8.24. The van der Waals surface area contributed by atoms with Crippen LogP contribution in [0, 0.1) is 0 Å². The molecule has 1 aromatic heterocycles. The van der Waals surface area contributed by atoms with Gasteiger partial charge in [-0.1, -0.05) is 38.7 Å². The molecule has 1 rings (SSSR count). The highest BCUT2D eigenvalue weighted by Crippen LogP contribution is 2.13. The largest absolute Gasteiger partial charge is 0.308 e. The van der Waals surface area contributed by atoms with Crippen molar-refractivity contribution in [2.45, 2.75) is 65.0 Å². The van der Waals surface area contributed by atoms with Crippen LogP contribution in [0.25, 0.3) is 0 Å². The van der Waals surface area contributed by atoms with E-state index in [2.05, 4.69) is 37.1 Å². The van der Waals surface area contributed by atoms with Gasteiger partial charge in [0.15, 0.2) is 0 Å². The van der Waals surface area contributed by atoms with E-state index in [4.69, 9.17) is 0 Å². The first-order valence-electron chi connectivity index (χ1n) is 6.90. The van der Waals surface area contributed by atoms with Crippen molar-refractivity contribution in [3.05, 3.63) is 30.1 Å².